The van der Waals surface area contributed by atoms with E-state index in [0.717, 1.165) is 24.7 Å². The molecule has 1 aliphatic heterocycles. The molecule has 0 saturated carbocycles. The lowest BCUT2D eigenvalue weighted by molar-refractivity contribution is -0.113. The lowest BCUT2D eigenvalue weighted by Gasteiger charge is -2.25. The SMILES string of the molecule is CCOc1ccc([C@H]2C(C(=O)Nc3ccccc3)=C(C)N=c3s/c(=C\c4cc(Br)cc(I)c4OCc4ccccc4Cl)c(=O)n32)cc1. The maximum Gasteiger partial charge on any atom is 0.271 e. The number of hydrogen-bond donors (Lipinski definition) is 1. The standard InChI is InChI=1S/C36H28BrClIN3O4S/c1-3-45-27-15-13-22(14-16-27)32-31(34(43)41-26-10-5-4-6-11-26)21(2)40-36-42(32)35(44)30(47-36)18-24-17-25(37)19-29(39)33(24)46-20-23-9-7-8-12-28(23)38/h4-19,32H,3,20H2,1-2H3,(H,41,43)/b30-18-/t32-/m0/s1. The zero-order valence-electron chi connectivity index (χ0n) is 25.3. The first-order valence-electron chi connectivity index (χ1n) is 14.7. The first kappa shape index (κ1) is 33.2. The summed E-state index contributed by atoms with van der Waals surface area (Å²) < 4.78 is 15.7. The molecule has 6 rings (SSSR count). The maximum absolute atomic E-state index is 14.3. The van der Waals surface area contributed by atoms with Gasteiger partial charge in [-0.3, -0.25) is 14.2 Å². The molecule has 238 valence electrons. The highest BCUT2D eigenvalue weighted by molar-refractivity contribution is 14.1. The molecule has 0 radical (unpaired) electrons. The molecule has 1 aromatic heterocycles. The van der Waals surface area contributed by atoms with Crippen LogP contribution in [-0.2, 0) is 11.4 Å². The topological polar surface area (TPSA) is 81.9 Å². The van der Waals surface area contributed by atoms with Crippen molar-refractivity contribution in [1.82, 2.24) is 4.57 Å². The number of amides is 1. The van der Waals surface area contributed by atoms with Gasteiger partial charge in [0.2, 0.25) is 0 Å². The first-order chi connectivity index (χ1) is 22.7. The number of nitrogens with zero attached hydrogens (tertiary/aromatic N) is 2. The van der Waals surface area contributed by atoms with Crippen LogP contribution < -0.4 is 29.7 Å². The van der Waals surface area contributed by atoms with Crippen molar-refractivity contribution >= 4 is 79.1 Å². The lowest BCUT2D eigenvalue weighted by atomic mass is 9.95. The van der Waals surface area contributed by atoms with Gasteiger partial charge in [0.1, 0.15) is 18.1 Å². The monoisotopic (exact) mass is 839 g/mol. The van der Waals surface area contributed by atoms with Gasteiger partial charge in [-0.2, -0.15) is 0 Å². The van der Waals surface area contributed by atoms with Gasteiger partial charge < -0.3 is 14.8 Å². The van der Waals surface area contributed by atoms with Gasteiger partial charge >= 0.3 is 0 Å². The molecule has 1 aliphatic rings. The van der Waals surface area contributed by atoms with E-state index in [2.05, 4.69) is 43.8 Å². The molecule has 0 bridgehead atoms. The minimum Gasteiger partial charge on any atom is -0.494 e. The number of allylic oxidation sites excluding steroid dienone is 1. The molecule has 47 heavy (non-hydrogen) atoms. The normalized spacial score (nSPS) is 14.4. The molecule has 5 aromatic rings. The summed E-state index contributed by atoms with van der Waals surface area (Å²) in [6.45, 7) is 4.51. The second-order valence-corrected chi connectivity index (χ2v) is 14.1. The summed E-state index contributed by atoms with van der Waals surface area (Å²) in [6.07, 6.45) is 1.82. The van der Waals surface area contributed by atoms with Crippen LogP contribution in [0.3, 0.4) is 0 Å². The zero-order chi connectivity index (χ0) is 33.1. The second-order valence-electron chi connectivity index (χ2n) is 10.6. The molecule has 0 saturated heterocycles. The third kappa shape index (κ3) is 7.25. The van der Waals surface area contributed by atoms with Crippen molar-refractivity contribution in [3.05, 3.63) is 152 Å². The summed E-state index contributed by atoms with van der Waals surface area (Å²) in [7, 11) is 0. The van der Waals surface area contributed by atoms with E-state index >= 15 is 0 Å². The summed E-state index contributed by atoms with van der Waals surface area (Å²) in [5, 5.41) is 3.61. The molecule has 0 unspecified atom stereocenters. The molecule has 7 nitrogen and oxygen atoms in total. The molecule has 0 spiro atoms. The number of anilines is 1. The Balaban J connectivity index is 1.46. The fraction of sp³-hybridized carbons (Fsp3) is 0.139. The van der Waals surface area contributed by atoms with Crippen molar-refractivity contribution in [2.24, 2.45) is 4.99 Å². The number of carbonyl (C=O) groups excluding carboxylic acids is 1. The lowest BCUT2D eigenvalue weighted by Crippen LogP contribution is -2.40. The Bertz CT molecular complexity index is 2180. The predicted molar refractivity (Wildman–Crippen MR) is 199 cm³/mol. The van der Waals surface area contributed by atoms with Gasteiger partial charge in [-0.1, -0.05) is 87.4 Å². The van der Waals surface area contributed by atoms with Crippen LogP contribution in [-0.4, -0.2) is 17.1 Å². The molecule has 1 atom stereocenters. The largest absolute Gasteiger partial charge is 0.494 e. The van der Waals surface area contributed by atoms with E-state index < -0.39 is 6.04 Å². The van der Waals surface area contributed by atoms with Crippen LogP contribution in [0.25, 0.3) is 6.08 Å². The quantitative estimate of drug-likeness (QED) is 0.153. The van der Waals surface area contributed by atoms with Crippen LogP contribution in [0.5, 0.6) is 11.5 Å². The Labute approximate surface area is 302 Å². The van der Waals surface area contributed by atoms with E-state index in [9.17, 15) is 9.59 Å². The third-order valence-corrected chi connectivity index (χ3v) is 10.1. The number of nitrogens with one attached hydrogen (secondary N) is 1. The number of fused-ring (bicyclic) bond motifs is 1. The van der Waals surface area contributed by atoms with E-state index in [1.54, 1.807) is 11.5 Å². The molecular weight excluding hydrogens is 813 g/mol. The Morgan fingerprint density at radius 3 is 2.51 bits per heavy atom. The van der Waals surface area contributed by atoms with Gasteiger partial charge in [0.15, 0.2) is 4.80 Å². The van der Waals surface area contributed by atoms with Crippen molar-refractivity contribution in [2.45, 2.75) is 26.5 Å². The number of ether oxygens (including phenoxy) is 2. The van der Waals surface area contributed by atoms with E-state index in [1.807, 2.05) is 104 Å². The summed E-state index contributed by atoms with van der Waals surface area (Å²) >= 11 is 13.5. The third-order valence-electron chi connectivity index (χ3n) is 7.46. The molecular formula is C36H28BrClIN3O4S. The summed E-state index contributed by atoms with van der Waals surface area (Å²) in [4.78, 5) is 33.5. The Morgan fingerprint density at radius 2 is 1.79 bits per heavy atom. The smallest absolute Gasteiger partial charge is 0.271 e. The van der Waals surface area contributed by atoms with Crippen LogP contribution >= 0.6 is 61.5 Å². The number of para-hydroxylation sites is 1. The van der Waals surface area contributed by atoms with Gasteiger partial charge in [0.25, 0.3) is 11.5 Å². The first-order valence-corrected chi connectivity index (χ1v) is 17.8. The molecule has 0 fully saturated rings. The number of thiazole rings is 1. The Kier molecular flexibility index (Phi) is 10.3. The minimum absolute atomic E-state index is 0.260. The number of aromatic nitrogens is 1. The average molecular weight is 841 g/mol. The highest BCUT2D eigenvalue weighted by Crippen LogP contribution is 2.33. The van der Waals surface area contributed by atoms with Crippen LogP contribution in [0.2, 0.25) is 5.02 Å². The molecule has 11 heteroatoms. The average Bonchev–Trinajstić information content (AvgIpc) is 3.35. The highest BCUT2D eigenvalue weighted by atomic mass is 127. The fourth-order valence-electron chi connectivity index (χ4n) is 5.31. The Morgan fingerprint density at radius 1 is 1.06 bits per heavy atom. The summed E-state index contributed by atoms with van der Waals surface area (Å²) in [6, 6.07) is 27.4. The van der Waals surface area contributed by atoms with Gasteiger partial charge in [0, 0.05) is 26.3 Å². The van der Waals surface area contributed by atoms with Gasteiger partial charge in [0.05, 0.1) is 32.0 Å². The Hall–Kier alpha value is -3.71. The van der Waals surface area contributed by atoms with Crippen molar-refractivity contribution in [1.29, 1.82) is 0 Å². The van der Waals surface area contributed by atoms with Crippen LogP contribution in [0.15, 0.2) is 117 Å². The number of rotatable bonds is 9. The van der Waals surface area contributed by atoms with Gasteiger partial charge in [-0.15, -0.1) is 0 Å². The van der Waals surface area contributed by atoms with Crippen molar-refractivity contribution in [3.63, 3.8) is 0 Å². The van der Waals surface area contributed by atoms with Crippen LogP contribution in [0.1, 0.15) is 36.6 Å². The number of halogens is 3. The molecule has 2 heterocycles. The predicted octanol–water partition coefficient (Wildman–Crippen LogP) is 7.87. The fourth-order valence-corrected chi connectivity index (χ4v) is 8.24. The summed E-state index contributed by atoms with van der Waals surface area (Å²) in [5.74, 6) is 0.998. The van der Waals surface area contributed by atoms with Gasteiger partial charge in [-0.25, -0.2) is 4.99 Å². The van der Waals surface area contributed by atoms with Crippen molar-refractivity contribution in [3.8, 4) is 11.5 Å². The molecule has 4 aromatic carbocycles. The molecule has 1 amide bonds. The minimum atomic E-state index is -0.716. The second kappa shape index (κ2) is 14.6. The van der Waals surface area contributed by atoms with E-state index in [-0.39, 0.29) is 18.1 Å². The summed E-state index contributed by atoms with van der Waals surface area (Å²) in [5.41, 5.74) is 3.63. The zero-order valence-corrected chi connectivity index (χ0v) is 30.6. The van der Waals surface area contributed by atoms with E-state index in [1.165, 1.54) is 11.3 Å². The molecule has 1 N–H and O–H groups in total. The number of carbonyl (C=O) groups is 1. The van der Waals surface area contributed by atoms with E-state index in [0.29, 0.717) is 49.4 Å². The van der Waals surface area contributed by atoms with Crippen molar-refractivity contribution in [2.75, 3.05) is 11.9 Å². The highest BCUT2D eigenvalue weighted by Gasteiger charge is 2.32. The number of hydrogen-bond acceptors (Lipinski definition) is 6. The van der Waals surface area contributed by atoms with Crippen LogP contribution in [0, 0.1) is 3.57 Å². The van der Waals surface area contributed by atoms with Crippen LogP contribution in [0.4, 0.5) is 5.69 Å². The van der Waals surface area contributed by atoms with Crippen molar-refractivity contribution < 1.29 is 14.3 Å². The van der Waals surface area contributed by atoms with Gasteiger partial charge in [-0.05, 0) is 90.5 Å². The molecule has 0 aliphatic carbocycles. The maximum atomic E-state index is 14.3. The number of benzene rings is 4. The van der Waals surface area contributed by atoms with E-state index in [4.69, 9.17) is 26.1 Å².